The Morgan fingerprint density at radius 1 is 1.18 bits per heavy atom. The molecule has 0 aromatic rings. The molecule has 0 spiro atoms. The van der Waals surface area contributed by atoms with Crippen LogP contribution >= 0.6 is 0 Å². The summed E-state index contributed by atoms with van der Waals surface area (Å²) in [7, 11) is -3.21. The van der Waals surface area contributed by atoms with E-state index >= 15 is 0 Å². The Bertz CT molecular complexity index is 300. The van der Waals surface area contributed by atoms with Crippen LogP contribution in [-0.4, -0.2) is 37.1 Å². The van der Waals surface area contributed by atoms with Crippen LogP contribution in [0.4, 0.5) is 0 Å². The fraction of sp³-hybridized carbons (Fsp3) is 1.00. The maximum atomic E-state index is 12.4. The Labute approximate surface area is 107 Å². The maximum Gasteiger partial charge on any atom is 0.214 e. The summed E-state index contributed by atoms with van der Waals surface area (Å²) in [5, 5.41) is 0. The Morgan fingerprint density at radius 2 is 1.65 bits per heavy atom. The SMILES string of the molecule is CCN(C(CC)(CC)CN)S(=O)(=O)CC(C)C. The molecule has 104 valence electrons. The molecule has 0 saturated heterocycles. The van der Waals surface area contributed by atoms with Gasteiger partial charge in [0.2, 0.25) is 10.0 Å². The van der Waals surface area contributed by atoms with Crippen molar-refractivity contribution in [1.82, 2.24) is 4.31 Å². The van der Waals surface area contributed by atoms with Gasteiger partial charge in [-0.3, -0.25) is 0 Å². The summed E-state index contributed by atoms with van der Waals surface area (Å²) in [5.41, 5.74) is 5.41. The highest BCUT2D eigenvalue weighted by atomic mass is 32.2. The molecule has 0 atom stereocenters. The Morgan fingerprint density at radius 3 is 1.88 bits per heavy atom. The number of sulfonamides is 1. The molecule has 0 aromatic heterocycles. The minimum Gasteiger partial charge on any atom is -0.329 e. The Balaban J connectivity index is 5.31. The van der Waals surface area contributed by atoms with Gasteiger partial charge in [-0.25, -0.2) is 8.42 Å². The molecule has 0 bridgehead atoms. The van der Waals surface area contributed by atoms with Crippen molar-refractivity contribution >= 4 is 10.0 Å². The normalized spacial score (nSPS) is 13.6. The summed E-state index contributed by atoms with van der Waals surface area (Å²) in [6, 6.07) is 0. The molecule has 0 aliphatic heterocycles. The lowest BCUT2D eigenvalue weighted by Crippen LogP contribution is -2.56. The van der Waals surface area contributed by atoms with Crippen molar-refractivity contribution < 1.29 is 8.42 Å². The van der Waals surface area contributed by atoms with Crippen LogP contribution in [0.25, 0.3) is 0 Å². The van der Waals surface area contributed by atoms with E-state index in [9.17, 15) is 8.42 Å². The van der Waals surface area contributed by atoms with Crippen LogP contribution in [-0.2, 0) is 10.0 Å². The number of likely N-dealkylation sites (N-methyl/N-ethyl adjacent to an activating group) is 1. The summed E-state index contributed by atoms with van der Waals surface area (Å²) in [6.45, 7) is 10.6. The average molecular weight is 264 g/mol. The van der Waals surface area contributed by atoms with E-state index in [4.69, 9.17) is 5.73 Å². The molecule has 0 radical (unpaired) electrons. The third kappa shape index (κ3) is 3.93. The predicted molar refractivity (Wildman–Crippen MR) is 73.4 cm³/mol. The molecule has 17 heavy (non-hydrogen) atoms. The molecule has 0 aliphatic carbocycles. The van der Waals surface area contributed by atoms with Crippen LogP contribution in [0.2, 0.25) is 0 Å². The molecule has 0 saturated carbocycles. The molecule has 0 rings (SSSR count). The molecule has 0 heterocycles. The summed E-state index contributed by atoms with van der Waals surface area (Å²) < 4.78 is 26.3. The second-order valence-electron chi connectivity index (χ2n) is 4.97. The number of nitrogens with two attached hydrogens (primary N) is 1. The summed E-state index contributed by atoms with van der Waals surface area (Å²) in [4.78, 5) is 0. The van der Waals surface area contributed by atoms with E-state index in [2.05, 4.69) is 0 Å². The van der Waals surface area contributed by atoms with Gasteiger partial charge in [0, 0.05) is 18.6 Å². The smallest absolute Gasteiger partial charge is 0.214 e. The highest BCUT2D eigenvalue weighted by Crippen LogP contribution is 2.26. The molecule has 0 aliphatic rings. The monoisotopic (exact) mass is 264 g/mol. The summed E-state index contributed by atoms with van der Waals surface area (Å²) in [6.07, 6.45) is 1.51. The lowest BCUT2D eigenvalue weighted by atomic mass is 9.93. The van der Waals surface area contributed by atoms with Crippen LogP contribution in [0.5, 0.6) is 0 Å². The largest absolute Gasteiger partial charge is 0.329 e. The first-order valence-corrected chi connectivity index (χ1v) is 8.11. The van der Waals surface area contributed by atoms with Crippen LogP contribution in [0.3, 0.4) is 0 Å². The van der Waals surface area contributed by atoms with E-state index in [1.807, 2.05) is 34.6 Å². The quantitative estimate of drug-likeness (QED) is 0.727. The first-order valence-electron chi connectivity index (χ1n) is 6.50. The Hall–Kier alpha value is -0.130. The molecule has 4 nitrogen and oxygen atoms in total. The van der Waals surface area contributed by atoms with Gasteiger partial charge in [-0.15, -0.1) is 0 Å². The summed E-state index contributed by atoms with van der Waals surface area (Å²) >= 11 is 0. The maximum absolute atomic E-state index is 12.4. The van der Waals surface area contributed by atoms with Crippen LogP contribution in [0.15, 0.2) is 0 Å². The molecule has 0 aromatic carbocycles. The lowest BCUT2D eigenvalue weighted by Gasteiger charge is -2.41. The molecule has 2 N–H and O–H groups in total. The summed E-state index contributed by atoms with van der Waals surface area (Å²) in [5.74, 6) is 0.334. The Kier molecular flexibility index (Phi) is 6.66. The van der Waals surface area contributed by atoms with E-state index in [0.717, 1.165) is 12.8 Å². The van der Waals surface area contributed by atoms with Crippen molar-refractivity contribution in [2.45, 2.75) is 53.0 Å². The van der Waals surface area contributed by atoms with Crippen molar-refractivity contribution in [3.05, 3.63) is 0 Å². The van der Waals surface area contributed by atoms with Crippen molar-refractivity contribution in [2.24, 2.45) is 11.7 Å². The van der Waals surface area contributed by atoms with Gasteiger partial charge in [-0.1, -0.05) is 34.6 Å². The van der Waals surface area contributed by atoms with Gasteiger partial charge in [0.15, 0.2) is 0 Å². The zero-order valence-electron chi connectivity index (χ0n) is 11.9. The van der Waals surface area contributed by atoms with Gasteiger partial charge in [0.1, 0.15) is 0 Å². The van der Waals surface area contributed by atoms with Crippen molar-refractivity contribution in [1.29, 1.82) is 0 Å². The lowest BCUT2D eigenvalue weighted by molar-refractivity contribution is 0.184. The van der Waals surface area contributed by atoms with Crippen LogP contribution in [0.1, 0.15) is 47.5 Å². The fourth-order valence-corrected chi connectivity index (χ4v) is 4.67. The zero-order valence-corrected chi connectivity index (χ0v) is 12.7. The topological polar surface area (TPSA) is 63.4 Å². The highest BCUT2D eigenvalue weighted by molar-refractivity contribution is 7.89. The number of rotatable bonds is 8. The third-order valence-corrected chi connectivity index (χ3v) is 5.80. The van der Waals surface area contributed by atoms with E-state index in [0.29, 0.717) is 13.1 Å². The van der Waals surface area contributed by atoms with Gasteiger partial charge in [-0.05, 0) is 18.8 Å². The van der Waals surface area contributed by atoms with Gasteiger partial charge >= 0.3 is 0 Å². The highest BCUT2D eigenvalue weighted by Gasteiger charge is 2.38. The number of nitrogens with zero attached hydrogens (tertiary/aromatic N) is 1. The third-order valence-electron chi connectivity index (χ3n) is 3.39. The first kappa shape index (κ1) is 16.9. The van der Waals surface area contributed by atoms with Crippen LogP contribution in [0, 0.1) is 5.92 Å². The van der Waals surface area contributed by atoms with Crippen molar-refractivity contribution in [2.75, 3.05) is 18.8 Å². The first-order chi connectivity index (χ1) is 7.79. The van der Waals surface area contributed by atoms with E-state index in [1.165, 1.54) is 0 Å². The minimum absolute atomic E-state index is 0.137. The number of hydrogen-bond donors (Lipinski definition) is 1. The second kappa shape index (κ2) is 6.71. The molecule has 0 amide bonds. The van der Waals surface area contributed by atoms with Crippen LogP contribution < -0.4 is 5.73 Å². The standard InChI is InChI=1S/C12H28N2O2S/c1-6-12(7-2,10-13)14(8-3)17(15,16)9-11(4)5/h11H,6-10,13H2,1-5H3. The van der Waals surface area contributed by atoms with Gasteiger partial charge in [0.25, 0.3) is 0 Å². The van der Waals surface area contributed by atoms with Gasteiger partial charge < -0.3 is 5.73 Å². The van der Waals surface area contributed by atoms with E-state index < -0.39 is 15.6 Å². The number of hydrogen-bond acceptors (Lipinski definition) is 3. The van der Waals surface area contributed by atoms with Gasteiger partial charge in [-0.2, -0.15) is 4.31 Å². The molecule has 0 unspecified atom stereocenters. The average Bonchev–Trinajstić information content (AvgIpc) is 2.23. The van der Waals surface area contributed by atoms with E-state index in [1.54, 1.807) is 4.31 Å². The molecular weight excluding hydrogens is 236 g/mol. The van der Waals surface area contributed by atoms with Crippen molar-refractivity contribution in [3.63, 3.8) is 0 Å². The predicted octanol–water partition coefficient (Wildman–Crippen LogP) is 1.81. The fourth-order valence-electron chi connectivity index (χ4n) is 2.33. The van der Waals surface area contributed by atoms with Crippen molar-refractivity contribution in [3.8, 4) is 0 Å². The molecular formula is C12H28N2O2S. The molecule has 5 heteroatoms. The van der Waals surface area contributed by atoms with E-state index in [-0.39, 0.29) is 11.7 Å². The zero-order chi connectivity index (χ0) is 13.7. The molecule has 0 fully saturated rings. The van der Waals surface area contributed by atoms with Gasteiger partial charge in [0.05, 0.1) is 5.75 Å². The minimum atomic E-state index is -3.21. The second-order valence-corrected chi connectivity index (χ2v) is 6.91.